The lowest BCUT2D eigenvalue weighted by Crippen LogP contribution is -2.20. The number of aliphatic hydroxyl groups is 1. The quantitative estimate of drug-likeness (QED) is 0.830. The molecule has 1 N–H and O–H groups in total. The maximum absolute atomic E-state index is 9.81. The van der Waals surface area contributed by atoms with Gasteiger partial charge in [-0.1, -0.05) is 6.07 Å². The van der Waals surface area contributed by atoms with Crippen molar-refractivity contribution in [3.63, 3.8) is 0 Å². The molecule has 1 aliphatic rings. The number of rotatable bonds is 2. The van der Waals surface area contributed by atoms with Gasteiger partial charge in [0.25, 0.3) is 0 Å². The lowest BCUT2D eigenvalue weighted by atomic mass is 9.79. The monoisotopic (exact) mass is 220 g/mol. The van der Waals surface area contributed by atoms with E-state index in [1.807, 2.05) is 6.92 Å². The van der Waals surface area contributed by atoms with Crippen LogP contribution in [0.3, 0.4) is 0 Å². The van der Waals surface area contributed by atoms with Crippen LogP contribution in [0, 0.1) is 6.92 Å². The molecule has 0 saturated carbocycles. The molecule has 0 saturated heterocycles. The SMILES string of the molecule is COc1cc2c(cc1C)[C@H]([C@H](C)O)CCC2. The first-order valence-corrected chi connectivity index (χ1v) is 5.99. The lowest BCUT2D eigenvalue weighted by Gasteiger charge is -2.28. The Bertz CT molecular complexity index is 383. The molecule has 0 radical (unpaired) electrons. The highest BCUT2D eigenvalue weighted by Crippen LogP contribution is 2.37. The summed E-state index contributed by atoms with van der Waals surface area (Å²) in [5, 5.41) is 9.81. The third-order valence-electron chi connectivity index (χ3n) is 3.60. The maximum Gasteiger partial charge on any atom is 0.122 e. The van der Waals surface area contributed by atoms with E-state index in [0.717, 1.165) is 30.6 Å². The molecule has 0 unspecified atom stereocenters. The number of fused-ring (bicyclic) bond motifs is 1. The van der Waals surface area contributed by atoms with Crippen molar-refractivity contribution in [2.24, 2.45) is 0 Å². The molecule has 0 aliphatic heterocycles. The van der Waals surface area contributed by atoms with Crippen molar-refractivity contribution in [3.05, 3.63) is 28.8 Å². The lowest BCUT2D eigenvalue weighted by molar-refractivity contribution is 0.153. The van der Waals surface area contributed by atoms with Gasteiger partial charge in [0.05, 0.1) is 13.2 Å². The van der Waals surface area contributed by atoms with E-state index in [2.05, 4.69) is 19.1 Å². The summed E-state index contributed by atoms with van der Waals surface area (Å²) in [5.74, 6) is 1.26. The van der Waals surface area contributed by atoms with Gasteiger partial charge in [-0.3, -0.25) is 0 Å². The number of aliphatic hydroxyl groups excluding tert-OH is 1. The first-order valence-electron chi connectivity index (χ1n) is 5.99. The Hall–Kier alpha value is -1.02. The average Bonchev–Trinajstić information content (AvgIpc) is 2.27. The van der Waals surface area contributed by atoms with Gasteiger partial charge in [-0.05, 0) is 55.9 Å². The zero-order valence-corrected chi connectivity index (χ0v) is 10.3. The second-order valence-electron chi connectivity index (χ2n) is 4.76. The predicted molar refractivity (Wildman–Crippen MR) is 65.1 cm³/mol. The van der Waals surface area contributed by atoms with Crippen LogP contribution in [0.4, 0.5) is 0 Å². The molecule has 88 valence electrons. The number of aryl methyl sites for hydroxylation is 2. The zero-order chi connectivity index (χ0) is 11.7. The van der Waals surface area contributed by atoms with Crippen LogP contribution in [0.5, 0.6) is 5.75 Å². The summed E-state index contributed by atoms with van der Waals surface area (Å²) in [7, 11) is 1.71. The number of methoxy groups -OCH3 is 1. The molecule has 2 nitrogen and oxygen atoms in total. The zero-order valence-electron chi connectivity index (χ0n) is 10.3. The van der Waals surface area contributed by atoms with E-state index in [0.29, 0.717) is 5.92 Å². The van der Waals surface area contributed by atoms with E-state index in [4.69, 9.17) is 4.74 Å². The van der Waals surface area contributed by atoms with Crippen LogP contribution in [0.1, 0.15) is 42.4 Å². The highest BCUT2D eigenvalue weighted by Gasteiger charge is 2.24. The van der Waals surface area contributed by atoms with Crippen molar-refractivity contribution >= 4 is 0 Å². The maximum atomic E-state index is 9.81. The second kappa shape index (κ2) is 4.46. The molecule has 0 bridgehead atoms. The van der Waals surface area contributed by atoms with Crippen LogP contribution in [0.25, 0.3) is 0 Å². The van der Waals surface area contributed by atoms with Crippen molar-refractivity contribution in [1.82, 2.24) is 0 Å². The van der Waals surface area contributed by atoms with Crippen LogP contribution < -0.4 is 4.74 Å². The molecule has 2 heteroatoms. The minimum Gasteiger partial charge on any atom is -0.496 e. The molecule has 0 fully saturated rings. The Balaban J connectivity index is 2.45. The Morgan fingerprint density at radius 3 is 2.81 bits per heavy atom. The standard InChI is InChI=1S/C14H20O2/c1-9-7-13-11(8-14(9)16-3)5-4-6-12(13)10(2)15/h7-8,10,12,15H,4-6H2,1-3H3/t10-,12-/m0/s1. The topological polar surface area (TPSA) is 29.5 Å². The normalized spacial score (nSPS) is 21.4. The highest BCUT2D eigenvalue weighted by atomic mass is 16.5. The van der Waals surface area contributed by atoms with Gasteiger partial charge in [0.1, 0.15) is 5.75 Å². The van der Waals surface area contributed by atoms with Crippen LogP contribution >= 0.6 is 0 Å². The number of hydrogen-bond acceptors (Lipinski definition) is 2. The smallest absolute Gasteiger partial charge is 0.122 e. The third kappa shape index (κ3) is 1.94. The molecule has 1 aromatic rings. The van der Waals surface area contributed by atoms with Crippen molar-refractivity contribution in [2.75, 3.05) is 7.11 Å². The molecular weight excluding hydrogens is 200 g/mol. The molecule has 0 aromatic heterocycles. The van der Waals surface area contributed by atoms with E-state index in [9.17, 15) is 5.11 Å². The van der Waals surface area contributed by atoms with Crippen molar-refractivity contribution in [2.45, 2.75) is 45.1 Å². The van der Waals surface area contributed by atoms with E-state index in [1.54, 1.807) is 7.11 Å². The summed E-state index contributed by atoms with van der Waals surface area (Å²) in [6.45, 7) is 3.95. The van der Waals surface area contributed by atoms with Crippen molar-refractivity contribution in [3.8, 4) is 5.75 Å². The third-order valence-corrected chi connectivity index (χ3v) is 3.60. The minimum atomic E-state index is -0.258. The molecule has 0 amide bonds. The molecule has 1 aromatic carbocycles. The van der Waals surface area contributed by atoms with Crippen LogP contribution in [-0.2, 0) is 6.42 Å². The van der Waals surface area contributed by atoms with Gasteiger partial charge in [0, 0.05) is 5.92 Å². The molecule has 0 spiro atoms. The fraction of sp³-hybridized carbons (Fsp3) is 0.571. The van der Waals surface area contributed by atoms with E-state index in [-0.39, 0.29) is 6.10 Å². The van der Waals surface area contributed by atoms with Gasteiger partial charge in [0.15, 0.2) is 0 Å². The fourth-order valence-electron chi connectivity index (χ4n) is 2.70. The van der Waals surface area contributed by atoms with Gasteiger partial charge in [-0.25, -0.2) is 0 Å². The molecule has 2 rings (SSSR count). The van der Waals surface area contributed by atoms with Gasteiger partial charge in [0.2, 0.25) is 0 Å². The number of hydrogen-bond donors (Lipinski definition) is 1. The van der Waals surface area contributed by atoms with E-state index in [1.165, 1.54) is 11.1 Å². The summed E-state index contributed by atoms with van der Waals surface area (Å²) >= 11 is 0. The van der Waals surface area contributed by atoms with Crippen LogP contribution in [0.15, 0.2) is 12.1 Å². The Kier molecular flexibility index (Phi) is 3.20. The fourth-order valence-corrected chi connectivity index (χ4v) is 2.70. The first-order chi connectivity index (χ1) is 7.63. The first kappa shape index (κ1) is 11.5. The summed E-state index contributed by atoms with van der Waals surface area (Å²) in [6.07, 6.45) is 3.10. The summed E-state index contributed by atoms with van der Waals surface area (Å²) in [4.78, 5) is 0. The molecular formula is C14H20O2. The minimum absolute atomic E-state index is 0.258. The summed E-state index contributed by atoms with van der Waals surface area (Å²) < 4.78 is 5.34. The van der Waals surface area contributed by atoms with Crippen LogP contribution in [0.2, 0.25) is 0 Å². The largest absolute Gasteiger partial charge is 0.496 e. The van der Waals surface area contributed by atoms with Gasteiger partial charge < -0.3 is 9.84 Å². The van der Waals surface area contributed by atoms with E-state index >= 15 is 0 Å². The Morgan fingerprint density at radius 1 is 1.44 bits per heavy atom. The highest BCUT2D eigenvalue weighted by molar-refractivity contribution is 5.45. The number of ether oxygens (including phenoxy) is 1. The van der Waals surface area contributed by atoms with Gasteiger partial charge >= 0.3 is 0 Å². The van der Waals surface area contributed by atoms with E-state index < -0.39 is 0 Å². The predicted octanol–water partition coefficient (Wildman–Crippen LogP) is 2.80. The van der Waals surface area contributed by atoms with Crippen LogP contribution in [-0.4, -0.2) is 18.3 Å². The molecule has 2 atom stereocenters. The number of benzene rings is 1. The summed E-state index contributed by atoms with van der Waals surface area (Å²) in [6, 6.07) is 4.32. The average molecular weight is 220 g/mol. The van der Waals surface area contributed by atoms with Crippen molar-refractivity contribution < 1.29 is 9.84 Å². The Morgan fingerprint density at radius 2 is 2.19 bits per heavy atom. The molecule has 16 heavy (non-hydrogen) atoms. The molecule has 1 aliphatic carbocycles. The van der Waals surface area contributed by atoms with Gasteiger partial charge in [-0.2, -0.15) is 0 Å². The van der Waals surface area contributed by atoms with Gasteiger partial charge in [-0.15, -0.1) is 0 Å². The van der Waals surface area contributed by atoms with Crippen molar-refractivity contribution in [1.29, 1.82) is 0 Å². The molecule has 0 heterocycles. The Labute approximate surface area is 97.3 Å². The second-order valence-corrected chi connectivity index (χ2v) is 4.76. The summed E-state index contributed by atoms with van der Waals surface area (Å²) in [5.41, 5.74) is 3.83.